The van der Waals surface area contributed by atoms with Gasteiger partial charge in [0.05, 0.1) is 6.10 Å². The third kappa shape index (κ3) is 2.86. The predicted molar refractivity (Wildman–Crippen MR) is 112 cm³/mol. The predicted octanol–water partition coefficient (Wildman–Crippen LogP) is 4.84. The Kier molecular flexibility index (Phi) is 5.49. The summed E-state index contributed by atoms with van der Waals surface area (Å²) in [6.45, 7) is 9.74. The average molecular weight is 391 g/mol. The molecule has 0 unspecified atom stereocenters. The molecule has 4 rings (SSSR count). The van der Waals surface area contributed by atoms with E-state index in [1.807, 2.05) is 0 Å². The second kappa shape index (κ2) is 7.38. The number of aliphatic hydroxyl groups excluding tert-OH is 2. The summed E-state index contributed by atoms with van der Waals surface area (Å²) in [4.78, 5) is 13.9. The van der Waals surface area contributed by atoms with Crippen molar-refractivity contribution in [2.45, 2.75) is 91.6 Å². The summed E-state index contributed by atoms with van der Waals surface area (Å²) < 4.78 is 0. The van der Waals surface area contributed by atoms with Gasteiger partial charge in [-0.15, -0.1) is 0 Å². The Labute approximate surface area is 171 Å². The molecule has 160 valence electrons. The number of hydrogen-bond acceptors (Lipinski definition) is 3. The fourth-order valence-corrected chi connectivity index (χ4v) is 9.02. The van der Waals surface area contributed by atoms with Crippen LogP contribution in [0.15, 0.2) is 0 Å². The third-order valence-corrected chi connectivity index (χ3v) is 10.5. The highest BCUT2D eigenvalue weighted by Crippen LogP contribution is 2.68. The van der Waals surface area contributed by atoms with Gasteiger partial charge in [-0.25, -0.2) is 0 Å². The zero-order chi connectivity index (χ0) is 20.3. The van der Waals surface area contributed by atoms with Crippen LogP contribution < -0.4 is 0 Å². The van der Waals surface area contributed by atoms with Crippen molar-refractivity contribution in [2.24, 2.45) is 52.3 Å². The van der Waals surface area contributed by atoms with Crippen molar-refractivity contribution in [2.75, 3.05) is 6.61 Å². The Balaban J connectivity index is 1.68. The Morgan fingerprint density at radius 3 is 2.39 bits per heavy atom. The van der Waals surface area contributed by atoms with Crippen LogP contribution in [0.4, 0.5) is 0 Å². The highest BCUT2D eigenvalue weighted by Gasteiger charge is 2.64. The van der Waals surface area contributed by atoms with E-state index in [0.29, 0.717) is 35.4 Å². The molecule has 0 radical (unpaired) electrons. The molecule has 0 aromatic rings. The van der Waals surface area contributed by atoms with E-state index >= 15 is 0 Å². The quantitative estimate of drug-likeness (QED) is 0.722. The molecule has 0 amide bonds. The monoisotopic (exact) mass is 390 g/mol. The lowest BCUT2D eigenvalue weighted by Gasteiger charge is -2.62. The first kappa shape index (κ1) is 20.8. The molecule has 4 saturated carbocycles. The van der Waals surface area contributed by atoms with Crippen molar-refractivity contribution in [3.63, 3.8) is 0 Å². The number of Topliss-reactive ketones (excluding diaryl/α,β-unsaturated/α-hetero) is 1. The molecule has 3 nitrogen and oxygen atoms in total. The molecular weight excluding hydrogens is 348 g/mol. The van der Waals surface area contributed by atoms with Crippen molar-refractivity contribution in [3.05, 3.63) is 0 Å². The Bertz CT molecular complexity index is 603. The number of aliphatic hydroxyl groups is 2. The minimum absolute atomic E-state index is 0.150. The van der Waals surface area contributed by atoms with Crippen molar-refractivity contribution in [1.29, 1.82) is 0 Å². The van der Waals surface area contributed by atoms with Crippen LogP contribution in [0.25, 0.3) is 0 Å². The van der Waals surface area contributed by atoms with Gasteiger partial charge in [0, 0.05) is 18.4 Å². The molecule has 4 fully saturated rings. The maximum atomic E-state index is 13.9. The average Bonchev–Trinajstić information content (AvgIpc) is 3.01. The first-order chi connectivity index (χ1) is 13.3. The molecule has 0 aliphatic heterocycles. The standard InChI is InChI=1S/C25H42O3/c1-5-17-21-14-16(27)8-11-25(21,4)20-9-12-24(3)18(15(2)10-13-26)6-7-19(24)22(20)23(17)28/h15-22,26-27H,5-14H2,1-4H3/t15-,16-,17-,18-,19+,20+,21+,22+,24-,25-/m1/s1. The van der Waals surface area contributed by atoms with E-state index < -0.39 is 0 Å². The van der Waals surface area contributed by atoms with Gasteiger partial charge < -0.3 is 10.2 Å². The number of carbonyl (C=O) groups is 1. The minimum atomic E-state index is -0.208. The molecule has 10 atom stereocenters. The Hall–Kier alpha value is -0.410. The van der Waals surface area contributed by atoms with E-state index in [-0.39, 0.29) is 35.4 Å². The third-order valence-electron chi connectivity index (χ3n) is 10.5. The van der Waals surface area contributed by atoms with Crippen LogP contribution >= 0.6 is 0 Å². The smallest absolute Gasteiger partial charge is 0.139 e. The number of fused-ring (bicyclic) bond motifs is 5. The molecule has 0 aromatic heterocycles. The SMILES string of the molecule is CC[C@H]1C(=O)[C@@H]2[C@H](CC[C@]3(C)[C@@H]([C@H](C)CCO)CC[C@@H]23)[C@@]2(C)CC[C@@H](O)C[C@@H]12. The number of rotatable bonds is 4. The Morgan fingerprint density at radius 1 is 1.04 bits per heavy atom. The van der Waals surface area contributed by atoms with Crippen molar-refractivity contribution in [1.82, 2.24) is 0 Å². The summed E-state index contributed by atoms with van der Waals surface area (Å²) in [6.07, 6.45) is 9.32. The molecule has 4 aliphatic rings. The van der Waals surface area contributed by atoms with Gasteiger partial charge >= 0.3 is 0 Å². The highest BCUT2D eigenvalue weighted by atomic mass is 16.3. The number of ketones is 1. The van der Waals surface area contributed by atoms with Gasteiger partial charge in [-0.2, -0.15) is 0 Å². The molecule has 0 saturated heterocycles. The summed E-state index contributed by atoms with van der Waals surface area (Å²) in [5.41, 5.74) is 0.496. The van der Waals surface area contributed by atoms with Crippen LogP contribution in [0.5, 0.6) is 0 Å². The lowest BCUT2D eigenvalue weighted by Crippen LogP contribution is -2.60. The normalized spacial score (nSPS) is 51.9. The second-order valence-corrected chi connectivity index (χ2v) is 11.4. The summed E-state index contributed by atoms with van der Waals surface area (Å²) in [5.74, 6) is 3.57. The molecule has 4 aliphatic carbocycles. The van der Waals surface area contributed by atoms with Gasteiger partial charge in [0.2, 0.25) is 0 Å². The fraction of sp³-hybridized carbons (Fsp3) is 0.960. The van der Waals surface area contributed by atoms with Crippen molar-refractivity contribution >= 4 is 5.78 Å². The molecule has 0 aromatic carbocycles. The molecule has 0 spiro atoms. The summed E-state index contributed by atoms with van der Waals surface area (Å²) in [7, 11) is 0. The van der Waals surface area contributed by atoms with E-state index in [0.717, 1.165) is 32.1 Å². The number of carbonyl (C=O) groups excluding carboxylic acids is 1. The minimum Gasteiger partial charge on any atom is -0.396 e. The molecule has 2 N–H and O–H groups in total. The largest absolute Gasteiger partial charge is 0.396 e. The summed E-state index contributed by atoms with van der Waals surface area (Å²) in [5, 5.41) is 19.8. The molecule has 28 heavy (non-hydrogen) atoms. The molecular formula is C25H42O3. The van der Waals surface area contributed by atoms with Gasteiger partial charge in [-0.3, -0.25) is 4.79 Å². The zero-order valence-electron chi connectivity index (χ0n) is 18.5. The van der Waals surface area contributed by atoms with Crippen LogP contribution in [0.2, 0.25) is 0 Å². The van der Waals surface area contributed by atoms with E-state index in [9.17, 15) is 15.0 Å². The van der Waals surface area contributed by atoms with Gasteiger partial charge in [0.25, 0.3) is 0 Å². The Morgan fingerprint density at radius 2 is 1.71 bits per heavy atom. The van der Waals surface area contributed by atoms with Crippen molar-refractivity contribution in [3.8, 4) is 0 Å². The second-order valence-electron chi connectivity index (χ2n) is 11.4. The van der Waals surface area contributed by atoms with Crippen LogP contribution in [0.3, 0.4) is 0 Å². The number of hydrogen-bond donors (Lipinski definition) is 2. The summed E-state index contributed by atoms with van der Waals surface area (Å²) in [6, 6.07) is 0. The van der Waals surface area contributed by atoms with Crippen LogP contribution in [-0.4, -0.2) is 28.7 Å². The van der Waals surface area contributed by atoms with Crippen LogP contribution in [0.1, 0.15) is 85.5 Å². The molecule has 0 heterocycles. The topological polar surface area (TPSA) is 57.5 Å². The lowest BCUT2D eigenvalue weighted by molar-refractivity contribution is -0.173. The first-order valence-corrected chi connectivity index (χ1v) is 12.1. The van der Waals surface area contributed by atoms with E-state index in [1.54, 1.807) is 0 Å². The van der Waals surface area contributed by atoms with Gasteiger partial charge in [-0.1, -0.05) is 27.7 Å². The van der Waals surface area contributed by atoms with Crippen LogP contribution in [-0.2, 0) is 4.79 Å². The lowest BCUT2D eigenvalue weighted by atomic mass is 9.42. The van der Waals surface area contributed by atoms with E-state index in [4.69, 9.17) is 0 Å². The van der Waals surface area contributed by atoms with Gasteiger partial charge in [0.1, 0.15) is 5.78 Å². The van der Waals surface area contributed by atoms with Crippen molar-refractivity contribution < 1.29 is 15.0 Å². The maximum absolute atomic E-state index is 13.9. The van der Waals surface area contributed by atoms with E-state index in [1.165, 1.54) is 25.7 Å². The summed E-state index contributed by atoms with van der Waals surface area (Å²) >= 11 is 0. The van der Waals surface area contributed by atoms with Crippen LogP contribution in [0, 0.1) is 52.3 Å². The molecule has 0 bridgehead atoms. The highest BCUT2D eigenvalue weighted by molar-refractivity contribution is 5.86. The fourth-order valence-electron chi connectivity index (χ4n) is 9.02. The molecule has 3 heteroatoms. The van der Waals surface area contributed by atoms with Gasteiger partial charge in [0.15, 0.2) is 0 Å². The first-order valence-electron chi connectivity index (χ1n) is 12.1. The zero-order valence-corrected chi connectivity index (χ0v) is 18.5. The van der Waals surface area contributed by atoms with Gasteiger partial charge in [-0.05, 0) is 98.2 Å². The van der Waals surface area contributed by atoms with E-state index in [2.05, 4.69) is 27.7 Å². The maximum Gasteiger partial charge on any atom is 0.139 e.